The second kappa shape index (κ2) is 8.50. The van der Waals surface area contributed by atoms with Crippen molar-refractivity contribution in [3.63, 3.8) is 0 Å². The minimum atomic E-state index is -0.969. The van der Waals surface area contributed by atoms with Crippen LogP contribution in [0.25, 0.3) is 0 Å². The van der Waals surface area contributed by atoms with Crippen LogP contribution in [0.3, 0.4) is 0 Å². The zero-order chi connectivity index (χ0) is 16.0. The topological polar surface area (TPSA) is 46.5 Å². The zero-order valence-corrected chi connectivity index (χ0v) is 14.1. The molecule has 2 unspecified atom stereocenters. The molecule has 2 atom stereocenters. The van der Waals surface area contributed by atoms with Gasteiger partial charge in [0.15, 0.2) is 6.10 Å². The summed E-state index contributed by atoms with van der Waals surface area (Å²) in [4.78, 5) is 11.4. The molecule has 1 aromatic carbocycles. The van der Waals surface area contributed by atoms with Crippen LogP contribution in [0.4, 0.5) is 0 Å². The number of ether oxygens (including phenoxy) is 1. The Bertz CT molecular complexity index is 475. The van der Waals surface area contributed by atoms with E-state index in [4.69, 9.17) is 27.9 Å². The molecular weight excluding hydrogens is 311 g/mol. The van der Waals surface area contributed by atoms with Gasteiger partial charge in [-0.25, -0.2) is 4.79 Å². The van der Waals surface area contributed by atoms with Crippen molar-refractivity contribution < 1.29 is 14.6 Å². The van der Waals surface area contributed by atoms with Gasteiger partial charge in [0, 0.05) is 5.02 Å². The van der Waals surface area contributed by atoms with Crippen LogP contribution in [0.5, 0.6) is 5.75 Å². The van der Waals surface area contributed by atoms with E-state index in [2.05, 4.69) is 20.8 Å². The van der Waals surface area contributed by atoms with E-state index in [1.165, 1.54) is 0 Å². The summed E-state index contributed by atoms with van der Waals surface area (Å²) in [6.07, 6.45) is 1.49. The van der Waals surface area contributed by atoms with Gasteiger partial charge in [0.25, 0.3) is 0 Å². The quantitative estimate of drug-likeness (QED) is 0.703. The van der Waals surface area contributed by atoms with E-state index in [9.17, 15) is 9.90 Å². The highest BCUT2D eigenvalue weighted by molar-refractivity contribution is 6.35. The Labute approximate surface area is 136 Å². The fraction of sp³-hybridized carbons (Fsp3) is 0.562. The summed E-state index contributed by atoms with van der Waals surface area (Å²) in [7, 11) is 0. The molecule has 0 saturated heterocycles. The molecule has 3 nitrogen and oxygen atoms in total. The first-order chi connectivity index (χ1) is 9.83. The number of aliphatic carboxylic acids is 1. The largest absolute Gasteiger partial charge is 0.479 e. The Morgan fingerprint density at radius 1 is 1.29 bits per heavy atom. The number of carbonyl (C=O) groups is 1. The van der Waals surface area contributed by atoms with Crippen molar-refractivity contribution in [1.29, 1.82) is 0 Å². The molecule has 5 heteroatoms. The van der Waals surface area contributed by atoms with Crippen LogP contribution in [0.1, 0.15) is 40.0 Å². The number of carboxylic acids is 1. The lowest BCUT2D eigenvalue weighted by atomic mass is 9.90. The molecule has 21 heavy (non-hydrogen) atoms. The number of rotatable bonds is 8. The number of hydrogen-bond donors (Lipinski definition) is 1. The van der Waals surface area contributed by atoms with Crippen LogP contribution in [0, 0.1) is 11.8 Å². The van der Waals surface area contributed by atoms with Crippen molar-refractivity contribution in [1.82, 2.24) is 0 Å². The Kier molecular flexibility index (Phi) is 7.33. The van der Waals surface area contributed by atoms with E-state index in [1.807, 2.05) is 0 Å². The maximum absolute atomic E-state index is 11.4. The number of carboxylic acid groups (broad SMARTS) is 1. The molecule has 0 aliphatic carbocycles. The molecule has 0 spiro atoms. The standard InChI is InChI=1S/C16H22Cl2O3/c1-4-11(7-10(2)3)8-15(16(19)20)21-14-6-5-12(17)9-13(14)18/h5-6,9-11,15H,4,7-8H2,1-3H3,(H,19,20). The van der Waals surface area contributed by atoms with Gasteiger partial charge in [0.05, 0.1) is 5.02 Å². The van der Waals surface area contributed by atoms with Gasteiger partial charge in [0.1, 0.15) is 5.75 Å². The normalized spacial score (nSPS) is 14.0. The molecule has 0 fully saturated rings. The fourth-order valence-electron chi connectivity index (χ4n) is 2.32. The molecule has 0 bridgehead atoms. The third-order valence-electron chi connectivity index (χ3n) is 3.37. The number of benzene rings is 1. The SMILES string of the molecule is CCC(CC(C)C)CC(Oc1ccc(Cl)cc1Cl)C(=O)O. The Balaban J connectivity index is 2.79. The highest BCUT2D eigenvalue weighted by Crippen LogP contribution is 2.30. The third-order valence-corrected chi connectivity index (χ3v) is 3.90. The lowest BCUT2D eigenvalue weighted by Crippen LogP contribution is -2.30. The molecule has 1 rings (SSSR count). The first-order valence-electron chi connectivity index (χ1n) is 7.18. The van der Waals surface area contributed by atoms with Crippen LogP contribution in [-0.2, 0) is 4.79 Å². The molecule has 1 aromatic rings. The first kappa shape index (κ1) is 18.1. The van der Waals surface area contributed by atoms with Crippen molar-refractivity contribution in [2.75, 3.05) is 0 Å². The van der Waals surface area contributed by atoms with Gasteiger partial charge in [0.2, 0.25) is 0 Å². The summed E-state index contributed by atoms with van der Waals surface area (Å²) in [5.41, 5.74) is 0. The van der Waals surface area contributed by atoms with E-state index in [-0.39, 0.29) is 0 Å². The summed E-state index contributed by atoms with van der Waals surface area (Å²) >= 11 is 11.9. The molecule has 0 aliphatic rings. The van der Waals surface area contributed by atoms with E-state index >= 15 is 0 Å². The van der Waals surface area contributed by atoms with E-state index in [0.29, 0.717) is 34.1 Å². The average Bonchev–Trinajstić information content (AvgIpc) is 2.38. The number of hydrogen-bond acceptors (Lipinski definition) is 2. The summed E-state index contributed by atoms with van der Waals surface area (Å²) in [6, 6.07) is 4.78. The molecule has 0 saturated carbocycles. The molecule has 0 aromatic heterocycles. The second-order valence-corrected chi connectivity index (χ2v) is 6.50. The van der Waals surface area contributed by atoms with Crippen molar-refractivity contribution in [3.8, 4) is 5.75 Å². The van der Waals surface area contributed by atoms with Gasteiger partial charge in [-0.2, -0.15) is 0 Å². The van der Waals surface area contributed by atoms with Crippen LogP contribution in [-0.4, -0.2) is 17.2 Å². The molecular formula is C16H22Cl2O3. The summed E-state index contributed by atoms with van der Waals surface area (Å²) < 4.78 is 5.59. The van der Waals surface area contributed by atoms with Gasteiger partial charge in [-0.3, -0.25) is 0 Å². The van der Waals surface area contributed by atoms with Gasteiger partial charge in [-0.15, -0.1) is 0 Å². The van der Waals surface area contributed by atoms with Crippen molar-refractivity contribution in [2.24, 2.45) is 11.8 Å². The van der Waals surface area contributed by atoms with Crippen molar-refractivity contribution in [2.45, 2.75) is 46.1 Å². The molecule has 0 aliphatic heterocycles. The minimum absolute atomic E-state index is 0.317. The molecule has 0 heterocycles. The van der Waals surface area contributed by atoms with E-state index < -0.39 is 12.1 Å². The lowest BCUT2D eigenvalue weighted by molar-refractivity contribution is -0.146. The molecule has 0 radical (unpaired) electrons. The van der Waals surface area contributed by atoms with Crippen molar-refractivity contribution in [3.05, 3.63) is 28.2 Å². The third kappa shape index (κ3) is 6.15. The summed E-state index contributed by atoms with van der Waals surface area (Å²) in [6.45, 7) is 6.34. The van der Waals surface area contributed by atoms with E-state index in [0.717, 1.165) is 12.8 Å². The summed E-state index contributed by atoms with van der Waals surface area (Å²) in [5, 5.41) is 10.2. The number of halogens is 2. The molecule has 0 amide bonds. The Morgan fingerprint density at radius 3 is 2.43 bits per heavy atom. The Morgan fingerprint density at radius 2 is 1.95 bits per heavy atom. The maximum Gasteiger partial charge on any atom is 0.344 e. The van der Waals surface area contributed by atoms with Crippen LogP contribution >= 0.6 is 23.2 Å². The second-order valence-electron chi connectivity index (χ2n) is 5.66. The van der Waals surface area contributed by atoms with Gasteiger partial charge >= 0.3 is 5.97 Å². The highest BCUT2D eigenvalue weighted by atomic mass is 35.5. The van der Waals surface area contributed by atoms with Gasteiger partial charge < -0.3 is 9.84 Å². The van der Waals surface area contributed by atoms with Crippen molar-refractivity contribution >= 4 is 29.2 Å². The Hall–Kier alpha value is -0.930. The zero-order valence-electron chi connectivity index (χ0n) is 12.6. The fourth-order valence-corrected chi connectivity index (χ4v) is 2.78. The lowest BCUT2D eigenvalue weighted by Gasteiger charge is -2.22. The molecule has 1 N–H and O–H groups in total. The average molecular weight is 333 g/mol. The van der Waals surface area contributed by atoms with Gasteiger partial charge in [-0.05, 0) is 42.9 Å². The van der Waals surface area contributed by atoms with Crippen LogP contribution < -0.4 is 4.74 Å². The highest BCUT2D eigenvalue weighted by Gasteiger charge is 2.25. The minimum Gasteiger partial charge on any atom is -0.479 e. The molecule has 118 valence electrons. The predicted molar refractivity (Wildman–Crippen MR) is 86.4 cm³/mol. The van der Waals surface area contributed by atoms with Crippen LogP contribution in [0.2, 0.25) is 10.0 Å². The van der Waals surface area contributed by atoms with Crippen LogP contribution in [0.15, 0.2) is 18.2 Å². The first-order valence-corrected chi connectivity index (χ1v) is 7.93. The summed E-state index contributed by atoms with van der Waals surface area (Å²) in [5.74, 6) is 0.233. The van der Waals surface area contributed by atoms with Gasteiger partial charge in [-0.1, -0.05) is 50.4 Å². The predicted octanol–water partition coefficient (Wildman–Crippen LogP) is 5.29. The monoisotopic (exact) mass is 332 g/mol. The smallest absolute Gasteiger partial charge is 0.344 e. The van der Waals surface area contributed by atoms with E-state index in [1.54, 1.807) is 18.2 Å². The maximum atomic E-state index is 11.4.